The third kappa shape index (κ3) is 8.40. The van der Waals surface area contributed by atoms with Crippen LogP contribution in [-0.4, -0.2) is 32.8 Å². The summed E-state index contributed by atoms with van der Waals surface area (Å²) in [5, 5.41) is 33.1. The van der Waals surface area contributed by atoms with E-state index in [4.69, 9.17) is 0 Å². The maximum absolute atomic E-state index is 11.1. The molecule has 0 bridgehead atoms. The highest BCUT2D eigenvalue weighted by Gasteiger charge is 2.70. The van der Waals surface area contributed by atoms with E-state index in [9.17, 15) is 35.1 Å². The second-order valence-electron chi connectivity index (χ2n) is 6.89. The SMILES string of the molecule is CCCCCCCCCCCCCCC([N+](=O)[O-])C(C=O)([N+](=O)[O-])[N+](=O)[O-]. The van der Waals surface area contributed by atoms with E-state index in [1.165, 1.54) is 38.5 Å². The highest BCUT2D eigenvalue weighted by atomic mass is 16.7. The fraction of sp³-hybridized carbons (Fsp3) is 0.941. The van der Waals surface area contributed by atoms with Crippen molar-refractivity contribution in [1.82, 2.24) is 0 Å². The summed E-state index contributed by atoms with van der Waals surface area (Å²) >= 11 is 0. The molecule has 1 unspecified atom stereocenters. The van der Waals surface area contributed by atoms with Gasteiger partial charge in [-0.15, -0.1) is 0 Å². The molecule has 0 aromatic carbocycles. The molecule has 156 valence electrons. The van der Waals surface area contributed by atoms with E-state index in [0.717, 1.165) is 25.7 Å². The summed E-state index contributed by atoms with van der Waals surface area (Å²) in [6.07, 6.45) is 11.4. The number of hydrogen-bond acceptors (Lipinski definition) is 7. The lowest BCUT2D eigenvalue weighted by molar-refractivity contribution is -0.812. The van der Waals surface area contributed by atoms with Crippen LogP contribution in [-0.2, 0) is 4.79 Å². The molecular weight excluding hydrogens is 358 g/mol. The van der Waals surface area contributed by atoms with Gasteiger partial charge in [0, 0.05) is 11.3 Å². The van der Waals surface area contributed by atoms with Gasteiger partial charge in [-0.05, 0) is 6.42 Å². The molecule has 0 saturated heterocycles. The zero-order valence-corrected chi connectivity index (χ0v) is 16.0. The number of carbonyl (C=O) groups excluding carboxylic acids is 1. The first-order valence-electron chi connectivity index (χ1n) is 9.73. The largest absolute Gasteiger partial charge is 0.577 e. The Morgan fingerprint density at radius 2 is 1.11 bits per heavy atom. The second-order valence-corrected chi connectivity index (χ2v) is 6.89. The second kappa shape index (κ2) is 14.0. The number of nitrogens with zero attached hydrogens (tertiary/aromatic N) is 3. The molecule has 10 heteroatoms. The van der Waals surface area contributed by atoms with Gasteiger partial charge in [-0.25, -0.2) is 0 Å². The molecule has 0 spiro atoms. The van der Waals surface area contributed by atoms with E-state index in [-0.39, 0.29) is 12.8 Å². The van der Waals surface area contributed by atoms with Crippen molar-refractivity contribution in [3.63, 3.8) is 0 Å². The molecule has 0 aromatic rings. The van der Waals surface area contributed by atoms with Crippen LogP contribution in [0.5, 0.6) is 0 Å². The van der Waals surface area contributed by atoms with Gasteiger partial charge in [0.05, 0.1) is 0 Å². The number of hydrogen-bond donors (Lipinski definition) is 0. The van der Waals surface area contributed by atoms with Crippen molar-refractivity contribution in [2.45, 2.75) is 102 Å². The Morgan fingerprint density at radius 1 is 0.741 bits per heavy atom. The molecule has 0 aliphatic rings. The number of nitro groups is 3. The Bertz CT molecular complexity index is 471. The van der Waals surface area contributed by atoms with Crippen LogP contribution in [0.3, 0.4) is 0 Å². The quantitative estimate of drug-likeness (QED) is 0.112. The minimum atomic E-state index is -3.42. The molecule has 10 nitrogen and oxygen atoms in total. The molecule has 0 radical (unpaired) electrons. The standard InChI is InChI=1S/C17H31N3O7/c1-2-3-4-5-6-7-8-9-10-11-12-13-14-16(18(22)23)17(15-21,19(24)25)20(26)27/h15-16H,2-14H2,1H3. The normalized spacial score (nSPS) is 12.5. The molecular formula is C17H31N3O7. The lowest BCUT2D eigenvalue weighted by Crippen LogP contribution is -2.60. The van der Waals surface area contributed by atoms with E-state index in [1.807, 2.05) is 0 Å². The van der Waals surface area contributed by atoms with E-state index in [0.29, 0.717) is 6.42 Å². The van der Waals surface area contributed by atoms with Gasteiger partial charge >= 0.3 is 11.7 Å². The van der Waals surface area contributed by atoms with Gasteiger partial charge in [-0.2, -0.15) is 0 Å². The summed E-state index contributed by atoms with van der Waals surface area (Å²) in [5.41, 5.74) is -3.42. The lowest BCUT2D eigenvalue weighted by atomic mass is 9.96. The van der Waals surface area contributed by atoms with E-state index in [2.05, 4.69) is 6.92 Å². The molecule has 1 atom stereocenters. The summed E-state index contributed by atoms with van der Waals surface area (Å²) in [6, 6.07) is -2.16. The number of unbranched alkanes of at least 4 members (excludes halogenated alkanes) is 11. The average Bonchev–Trinajstić information content (AvgIpc) is 2.61. The topological polar surface area (TPSA) is 146 Å². The third-order valence-electron chi connectivity index (χ3n) is 4.83. The predicted molar refractivity (Wildman–Crippen MR) is 99.3 cm³/mol. The Hall–Kier alpha value is -2.13. The number of aldehydes is 1. The Labute approximate surface area is 159 Å². The Kier molecular flexibility index (Phi) is 12.9. The molecule has 0 aliphatic carbocycles. The van der Waals surface area contributed by atoms with Gasteiger partial charge in [0.1, 0.15) is 9.85 Å². The summed E-state index contributed by atoms with van der Waals surface area (Å²) in [7, 11) is 0. The molecule has 0 heterocycles. The fourth-order valence-corrected chi connectivity index (χ4v) is 3.13. The summed E-state index contributed by atoms with van der Waals surface area (Å²) < 4.78 is 0. The summed E-state index contributed by atoms with van der Waals surface area (Å²) in [6.45, 7) is 2.18. The summed E-state index contributed by atoms with van der Waals surface area (Å²) in [4.78, 5) is 40.0. The first kappa shape index (κ1) is 24.9. The molecule has 0 rings (SSSR count). The molecule has 0 fully saturated rings. The number of rotatable bonds is 18. The first-order chi connectivity index (χ1) is 12.8. The molecule has 0 aliphatic heterocycles. The van der Waals surface area contributed by atoms with Crippen LogP contribution in [0.15, 0.2) is 0 Å². The van der Waals surface area contributed by atoms with E-state index >= 15 is 0 Å². The minimum absolute atomic E-state index is 0.236. The van der Waals surface area contributed by atoms with Gasteiger partial charge < -0.3 is 0 Å². The smallest absolute Gasteiger partial charge is 0.287 e. The predicted octanol–water partition coefficient (Wildman–Crippen LogP) is 4.17. The van der Waals surface area contributed by atoms with Gasteiger partial charge in [0.25, 0.3) is 6.29 Å². The van der Waals surface area contributed by atoms with Gasteiger partial charge in [0.2, 0.25) is 0 Å². The highest BCUT2D eigenvalue weighted by Crippen LogP contribution is 2.22. The molecule has 0 saturated carbocycles. The maximum atomic E-state index is 11.1. The van der Waals surface area contributed by atoms with Crippen LogP contribution in [0.1, 0.15) is 90.4 Å². The van der Waals surface area contributed by atoms with Crippen molar-refractivity contribution in [2.75, 3.05) is 0 Å². The average molecular weight is 389 g/mol. The van der Waals surface area contributed by atoms with E-state index in [1.54, 1.807) is 0 Å². The zero-order valence-electron chi connectivity index (χ0n) is 16.0. The highest BCUT2D eigenvalue weighted by molar-refractivity contribution is 5.60. The van der Waals surface area contributed by atoms with Crippen molar-refractivity contribution in [1.29, 1.82) is 0 Å². The molecule has 0 N–H and O–H groups in total. The summed E-state index contributed by atoms with van der Waals surface area (Å²) in [5.74, 6) is 0. The van der Waals surface area contributed by atoms with Crippen LogP contribution < -0.4 is 0 Å². The van der Waals surface area contributed by atoms with E-state index < -0.39 is 32.8 Å². The van der Waals surface area contributed by atoms with Crippen LogP contribution >= 0.6 is 0 Å². The van der Waals surface area contributed by atoms with Crippen molar-refractivity contribution in [2.24, 2.45) is 0 Å². The first-order valence-corrected chi connectivity index (χ1v) is 9.73. The molecule has 0 amide bonds. The van der Waals surface area contributed by atoms with Crippen LogP contribution in [0, 0.1) is 30.3 Å². The van der Waals surface area contributed by atoms with Gasteiger partial charge in [0.15, 0.2) is 0 Å². The van der Waals surface area contributed by atoms with Gasteiger partial charge in [-0.1, -0.05) is 77.6 Å². The Balaban J connectivity index is 4.15. The van der Waals surface area contributed by atoms with Crippen LogP contribution in [0.2, 0.25) is 0 Å². The fourth-order valence-electron chi connectivity index (χ4n) is 3.13. The van der Waals surface area contributed by atoms with Crippen molar-refractivity contribution < 1.29 is 19.6 Å². The zero-order chi connectivity index (χ0) is 20.7. The third-order valence-corrected chi connectivity index (χ3v) is 4.83. The Morgan fingerprint density at radius 3 is 1.41 bits per heavy atom. The number of carbonyl (C=O) groups is 1. The monoisotopic (exact) mass is 389 g/mol. The van der Waals surface area contributed by atoms with Crippen molar-refractivity contribution in [3.8, 4) is 0 Å². The lowest BCUT2D eigenvalue weighted by Gasteiger charge is -2.15. The van der Waals surface area contributed by atoms with Crippen molar-refractivity contribution in [3.05, 3.63) is 30.3 Å². The van der Waals surface area contributed by atoms with Crippen molar-refractivity contribution >= 4 is 6.29 Å². The molecule has 27 heavy (non-hydrogen) atoms. The maximum Gasteiger partial charge on any atom is 0.577 e. The molecule has 0 aromatic heterocycles. The van der Waals surface area contributed by atoms with Gasteiger partial charge in [-0.3, -0.25) is 35.1 Å². The van der Waals surface area contributed by atoms with Crippen LogP contribution in [0.4, 0.5) is 0 Å². The minimum Gasteiger partial charge on any atom is -0.287 e. The van der Waals surface area contributed by atoms with Crippen LogP contribution in [0.25, 0.3) is 0 Å².